The normalized spacial score (nSPS) is 11.3. The topological polar surface area (TPSA) is 35.0 Å². The first-order chi connectivity index (χ1) is 8.47. The third-order valence-electron chi connectivity index (χ3n) is 2.54. The maximum absolute atomic E-state index is 5.66. The Hall–Kier alpha value is -1.42. The van der Waals surface area contributed by atoms with E-state index in [-0.39, 0.29) is 5.41 Å². The highest BCUT2D eigenvalue weighted by atomic mass is 79.9. The van der Waals surface area contributed by atoms with Crippen LogP contribution in [0.4, 0.5) is 0 Å². The Balaban J connectivity index is 2.19. The van der Waals surface area contributed by atoms with Crippen LogP contribution in [0, 0.1) is 0 Å². The number of ether oxygens (including phenoxy) is 1. The molecule has 0 unspecified atom stereocenters. The highest BCUT2D eigenvalue weighted by molar-refractivity contribution is 9.10. The smallest absolute Gasteiger partial charge is 0.219 e. The quantitative estimate of drug-likeness (QED) is 0.775. The van der Waals surface area contributed by atoms with Gasteiger partial charge in [0.1, 0.15) is 4.60 Å². The molecule has 2 aromatic rings. The molecule has 0 aliphatic heterocycles. The van der Waals surface area contributed by atoms with E-state index in [0.29, 0.717) is 16.2 Å². The molecule has 3 nitrogen and oxygen atoms in total. The van der Waals surface area contributed by atoms with Crippen molar-refractivity contribution >= 4 is 15.9 Å². The molecule has 0 spiro atoms. The van der Waals surface area contributed by atoms with Gasteiger partial charge >= 0.3 is 0 Å². The van der Waals surface area contributed by atoms with Crippen molar-refractivity contribution < 1.29 is 4.74 Å². The van der Waals surface area contributed by atoms with Crippen LogP contribution in [0.2, 0.25) is 0 Å². The highest BCUT2D eigenvalue weighted by Gasteiger charge is 2.14. The number of rotatable bonds is 2. The predicted octanol–water partition coefficient (Wildman–Crippen LogP) is 4.33. The molecule has 0 bridgehead atoms. The maximum Gasteiger partial charge on any atom is 0.219 e. The molecule has 2 heterocycles. The molecule has 0 aliphatic rings. The summed E-state index contributed by atoms with van der Waals surface area (Å²) in [6.07, 6.45) is 3.55. The summed E-state index contributed by atoms with van der Waals surface area (Å²) < 4.78 is 6.33. The lowest BCUT2D eigenvalue weighted by Gasteiger charge is -2.18. The molecule has 18 heavy (non-hydrogen) atoms. The number of hydrogen-bond donors (Lipinski definition) is 0. The van der Waals surface area contributed by atoms with Crippen molar-refractivity contribution in [2.75, 3.05) is 0 Å². The summed E-state index contributed by atoms with van der Waals surface area (Å²) in [6, 6.07) is 7.58. The lowest BCUT2D eigenvalue weighted by Crippen LogP contribution is -2.11. The van der Waals surface area contributed by atoms with Crippen LogP contribution < -0.4 is 4.74 Å². The van der Waals surface area contributed by atoms with Crippen molar-refractivity contribution in [3.63, 3.8) is 0 Å². The molecule has 0 aliphatic carbocycles. The van der Waals surface area contributed by atoms with E-state index in [2.05, 4.69) is 46.7 Å². The van der Waals surface area contributed by atoms with Gasteiger partial charge in [0.05, 0.1) is 0 Å². The van der Waals surface area contributed by atoms with Gasteiger partial charge in [-0.15, -0.1) is 0 Å². The zero-order valence-electron chi connectivity index (χ0n) is 10.6. The Bertz CT molecular complexity index is 532. The fraction of sp³-hybridized carbons (Fsp3) is 0.286. The van der Waals surface area contributed by atoms with Gasteiger partial charge in [0.2, 0.25) is 5.88 Å². The summed E-state index contributed by atoms with van der Waals surface area (Å²) in [4.78, 5) is 8.41. The van der Waals surface area contributed by atoms with Crippen molar-refractivity contribution in [1.82, 2.24) is 9.97 Å². The van der Waals surface area contributed by atoms with Gasteiger partial charge in [0, 0.05) is 18.5 Å². The van der Waals surface area contributed by atoms with Crippen molar-refractivity contribution in [2.45, 2.75) is 26.2 Å². The molecule has 0 radical (unpaired) electrons. The third-order valence-corrected chi connectivity index (χ3v) is 3.14. The third kappa shape index (κ3) is 3.07. The van der Waals surface area contributed by atoms with Gasteiger partial charge in [0.25, 0.3) is 0 Å². The van der Waals surface area contributed by atoms with Gasteiger partial charge < -0.3 is 4.74 Å². The molecule has 0 N–H and O–H groups in total. The first kappa shape index (κ1) is 13.0. The van der Waals surface area contributed by atoms with Gasteiger partial charge in [0.15, 0.2) is 5.75 Å². The molecule has 2 rings (SSSR count). The standard InChI is InChI=1S/C14H15BrN2O/c1-14(2,3)10-6-7-12(17-9-10)18-11-5-4-8-16-13(11)15/h4-9H,1-3H3. The Morgan fingerprint density at radius 1 is 1.11 bits per heavy atom. The Morgan fingerprint density at radius 2 is 1.89 bits per heavy atom. The summed E-state index contributed by atoms with van der Waals surface area (Å²) in [5, 5.41) is 0. The number of halogens is 1. The van der Waals surface area contributed by atoms with Gasteiger partial charge in [-0.25, -0.2) is 9.97 Å². The molecule has 2 aromatic heterocycles. The molecular weight excluding hydrogens is 292 g/mol. The average molecular weight is 307 g/mol. The Morgan fingerprint density at radius 3 is 2.44 bits per heavy atom. The van der Waals surface area contributed by atoms with Crippen molar-refractivity contribution in [2.24, 2.45) is 0 Å². The van der Waals surface area contributed by atoms with E-state index >= 15 is 0 Å². The predicted molar refractivity (Wildman–Crippen MR) is 74.9 cm³/mol. The summed E-state index contributed by atoms with van der Waals surface area (Å²) in [6.45, 7) is 6.47. The van der Waals surface area contributed by atoms with Crippen LogP contribution in [0.5, 0.6) is 11.6 Å². The van der Waals surface area contributed by atoms with Crippen LogP contribution in [-0.4, -0.2) is 9.97 Å². The van der Waals surface area contributed by atoms with Crippen LogP contribution in [0.1, 0.15) is 26.3 Å². The largest absolute Gasteiger partial charge is 0.436 e. The van der Waals surface area contributed by atoms with Crippen LogP contribution in [0.3, 0.4) is 0 Å². The Labute approximate surface area is 115 Å². The molecule has 0 fully saturated rings. The maximum atomic E-state index is 5.66. The zero-order chi connectivity index (χ0) is 13.2. The number of aromatic nitrogens is 2. The van der Waals surface area contributed by atoms with Crippen molar-refractivity contribution in [3.8, 4) is 11.6 Å². The number of nitrogens with zero attached hydrogens (tertiary/aromatic N) is 2. The van der Waals surface area contributed by atoms with Crippen molar-refractivity contribution in [1.29, 1.82) is 0 Å². The highest BCUT2D eigenvalue weighted by Crippen LogP contribution is 2.28. The van der Waals surface area contributed by atoms with Gasteiger partial charge in [-0.05, 0) is 39.0 Å². The SMILES string of the molecule is CC(C)(C)c1ccc(Oc2cccnc2Br)nc1. The number of pyridine rings is 2. The second-order valence-electron chi connectivity index (χ2n) is 5.03. The van der Waals surface area contributed by atoms with E-state index < -0.39 is 0 Å². The van der Waals surface area contributed by atoms with E-state index in [1.54, 1.807) is 6.20 Å². The number of hydrogen-bond acceptors (Lipinski definition) is 3. The molecule has 0 atom stereocenters. The lowest BCUT2D eigenvalue weighted by molar-refractivity contribution is 0.455. The second-order valence-corrected chi connectivity index (χ2v) is 5.78. The van der Waals surface area contributed by atoms with E-state index in [4.69, 9.17) is 4.74 Å². The first-order valence-electron chi connectivity index (χ1n) is 5.72. The molecule has 0 aromatic carbocycles. The monoisotopic (exact) mass is 306 g/mol. The van der Waals surface area contributed by atoms with Crippen LogP contribution in [0.25, 0.3) is 0 Å². The van der Waals surface area contributed by atoms with Gasteiger partial charge in [-0.3, -0.25) is 0 Å². The molecule has 0 saturated carbocycles. The lowest BCUT2D eigenvalue weighted by atomic mass is 9.88. The van der Waals surface area contributed by atoms with Gasteiger partial charge in [-0.2, -0.15) is 0 Å². The zero-order valence-corrected chi connectivity index (χ0v) is 12.2. The van der Waals surface area contributed by atoms with E-state index in [1.807, 2.05) is 30.5 Å². The van der Waals surface area contributed by atoms with Crippen LogP contribution in [0.15, 0.2) is 41.3 Å². The molecule has 94 valence electrons. The summed E-state index contributed by atoms with van der Waals surface area (Å²) in [5.74, 6) is 1.23. The first-order valence-corrected chi connectivity index (χ1v) is 6.51. The van der Waals surface area contributed by atoms with Crippen LogP contribution >= 0.6 is 15.9 Å². The fourth-order valence-corrected chi connectivity index (χ4v) is 1.78. The average Bonchev–Trinajstić information content (AvgIpc) is 2.32. The van der Waals surface area contributed by atoms with Crippen LogP contribution in [-0.2, 0) is 5.41 Å². The molecule has 0 amide bonds. The summed E-state index contributed by atoms with van der Waals surface area (Å²) >= 11 is 3.34. The van der Waals surface area contributed by atoms with Gasteiger partial charge in [-0.1, -0.05) is 26.8 Å². The fourth-order valence-electron chi connectivity index (χ4n) is 1.44. The Kier molecular flexibility index (Phi) is 3.66. The van der Waals surface area contributed by atoms with E-state index in [1.165, 1.54) is 5.56 Å². The minimum absolute atomic E-state index is 0.0976. The summed E-state index contributed by atoms with van der Waals surface area (Å²) in [7, 11) is 0. The van der Waals surface area contributed by atoms with E-state index in [0.717, 1.165) is 0 Å². The second kappa shape index (κ2) is 5.06. The van der Waals surface area contributed by atoms with E-state index in [9.17, 15) is 0 Å². The summed E-state index contributed by atoms with van der Waals surface area (Å²) in [5.41, 5.74) is 1.28. The minimum atomic E-state index is 0.0976. The molecule has 4 heteroatoms. The minimum Gasteiger partial charge on any atom is -0.436 e. The van der Waals surface area contributed by atoms with Crippen molar-refractivity contribution in [3.05, 3.63) is 46.8 Å². The molecular formula is C14H15BrN2O. The molecule has 0 saturated heterocycles.